The van der Waals surface area contributed by atoms with E-state index in [9.17, 15) is 4.39 Å². The average Bonchev–Trinajstić information content (AvgIpc) is 2.36. The first-order chi connectivity index (χ1) is 8.81. The van der Waals surface area contributed by atoms with Gasteiger partial charge in [-0.05, 0) is 17.7 Å². The summed E-state index contributed by atoms with van der Waals surface area (Å²) >= 11 is 0. The number of nitrogens with one attached hydrogen (secondary N) is 1. The van der Waals surface area contributed by atoms with Gasteiger partial charge in [-0.3, -0.25) is 9.80 Å². The molecule has 0 bridgehead atoms. The van der Waals surface area contributed by atoms with Crippen LogP contribution < -0.4 is 5.32 Å². The molecule has 2 aliphatic heterocycles. The Kier molecular flexibility index (Phi) is 3.59. The fourth-order valence-corrected chi connectivity index (χ4v) is 2.80. The smallest absolute Gasteiger partial charge is 0.123 e. The summed E-state index contributed by atoms with van der Waals surface area (Å²) in [5.74, 6) is -0.152. The van der Waals surface area contributed by atoms with Crippen LogP contribution in [0.15, 0.2) is 24.3 Å². The first-order valence-electron chi connectivity index (χ1n) is 6.73. The van der Waals surface area contributed by atoms with Crippen LogP contribution in [-0.4, -0.2) is 55.1 Å². The molecule has 2 aliphatic rings. The van der Waals surface area contributed by atoms with Crippen LogP contribution in [-0.2, 0) is 6.54 Å². The maximum Gasteiger partial charge on any atom is 0.123 e. The zero-order valence-electron chi connectivity index (χ0n) is 10.6. The van der Waals surface area contributed by atoms with Crippen molar-refractivity contribution in [2.45, 2.75) is 12.6 Å². The van der Waals surface area contributed by atoms with Gasteiger partial charge < -0.3 is 5.32 Å². The first kappa shape index (κ1) is 12.1. The van der Waals surface area contributed by atoms with Crippen molar-refractivity contribution in [2.75, 3.05) is 39.3 Å². The lowest BCUT2D eigenvalue weighted by Gasteiger charge is -2.46. The molecular formula is C14H20FN3. The molecule has 98 valence electrons. The summed E-state index contributed by atoms with van der Waals surface area (Å²) < 4.78 is 12.8. The molecule has 0 atom stereocenters. The molecule has 3 nitrogen and oxygen atoms in total. The van der Waals surface area contributed by atoms with Crippen molar-refractivity contribution in [1.29, 1.82) is 0 Å². The Morgan fingerprint density at radius 3 is 2.44 bits per heavy atom. The quantitative estimate of drug-likeness (QED) is 0.859. The van der Waals surface area contributed by atoms with Crippen LogP contribution in [0.1, 0.15) is 5.56 Å². The zero-order valence-corrected chi connectivity index (χ0v) is 10.6. The van der Waals surface area contributed by atoms with Gasteiger partial charge in [0.05, 0.1) is 0 Å². The number of hydrogen-bond donors (Lipinski definition) is 1. The highest BCUT2D eigenvalue weighted by molar-refractivity contribution is 5.16. The normalized spacial score (nSPS) is 22.9. The third kappa shape index (κ3) is 2.71. The molecule has 0 amide bonds. The van der Waals surface area contributed by atoms with Crippen LogP contribution in [0.25, 0.3) is 0 Å². The summed E-state index contributed by atoms with van der Waals surface area (Å²) in [4.78, 5) is 5.01. The fraction of sp³-hybridized carbons (Fsp3) is 0.571. The van der Waals surface area contributed by atoms with Crippen molar-refractivity contribution in [2.24, 2.45) is 0 Å². The van der Waals surface area contributed by atoms with Crippen LogP contribution in [0.2, 0.25) is 0 Å². The van der Waals surface area contributed by atoms with Gasteiger partial charge in [-0.1, -0.05) is 12.1 Å². The van der Waals surface area contributed by atoms with E-state index in [0.717, 1.165) is 38.8 Å². The average molecular weight is 249 g/mol. The minimum Gasteiger partial charge on any atom is -0.314 e. The lowest BCUT2D eigenvalue weighted by molar-refractivity contribution is 0.0223. The topological polar surface area (TPSA) is 18.5 Å². The molecule has 0 radical (unpaired) electrons. The van der Waals surface area contributed by atoms with Crippen molar-refractivity contribution >= 4 is 0 Å². The standard InChI is InChI=1S/C14H20FN3/c15-13-3-1-12(2-4-13)9-17-10-14(11-17)18-7-5-16-6-8-18/h1-4,14,16H,5-11H2. The van der Waals surface area contributed by atoms with E-state index in [-0.39, 0.29) is 5.82 Å². The van der Waals surface area contributed by atoms with E-state index >= 15 is 0 Å². The molecule has 4 heteroatoms. The lowest BCUT2D eigenvalue weighted by atomic mass is 10.0. The lowest BCUT2D eigenvalue weighted by Crippen LogP contribution is -2.62. The van der Waals surface area contributed by atoms with E-state index in [2.05, 4.69) is 15.1 Å². The van der Waals surface area contributed by atoms with E-state index in [1.54, 1.807) is 12.1 Å². The second kappa shape index (κ2) is 5.34. The number of rotatable bonds is 3. The number of likely N-dealkylation sites (tertiary alicyclic amines) is 1. The van der Waals surface area contributed by atoms with Gasteiger partial charge in [-0.25, -0.2) is 4.39 Å². The fourth-order valence-electron chi connectivity index (χ4n) is 2.80. The van der Waals surface area contributed by atoms with Crippen LogP contribution in [0.3, 0.4) is 0 Å². The van der Waals surface area contributed by atoms with Crippen LogP contribution in [0, 0.1) is 5.82 Å². The molecule has 2 fully saturated rings. The summed E-state index contributed by atoms with van der Waals surface area (Å²) in [5, 5.41) is 3.38. The molecule has 0 unspecified atom stereocenters. The number of hydrogen-bond acceptors (Lipinski definition) is 3. The van der Waals surface area contributed by atoms with Gasteiger partial charge in [0.15, 0.2) is 0 Å². The van der Waals surface area contributed by atoms with Gasteiger partial charge in [-0.2, -0.15) is 0 Å². The second-order valence-electron chi connectivity index (χ2n) is 5.26. The van der Waals surface area contributed by atoms with E-state index in [1.807, 2.05) is 12.1 Å². The molecule has 0 aliphatic carbocycles. The first-order valence-corrected chi connectivity index (χ1v) is 6.73. The van der Waals surface area contributed by atoms with Crippen molar-refractivity contribution in [3.8, 4) is 0 Å². The van der Waals surface area contributed by atoms with E-state index in [0.29, 0.717) is 0 Å². The Bertz CT molecular complexity index is 381. The van der Waals surface area contributed by atoms with Crippen molar-refractivity contribution in [3.63, 3.8) is 0 Å². The molecule has 18 heavy (non-hydrogen) atoms. The Labute approximate surface area is 108 Å². The molecular weight excluding hydrogens is 229 g/mol. The van der Waals surface area contributed by atoms with Gasteiger partial charge in [0, 0.05) is 51.9 Å². The molecule has 3 rings (SSSR count). The van der Waals surface area contributed by atoms with Gasteiger partial charge >= 0.3 is 0 Å². The van der Waals surface area contributed by atoms with Crippen LogP contribution in [0.4, 0.5) is 4.39 Å². The Hall–Kier alpha value is -0.970. The third-order valence-corrected chi connectivity index (χ3v) is 3.93. The van der Waals surface area contributed by atoms with Gasteiger partial charge in [0.2, 0.25) is 0 Å². The van der Waals surface area contributed by atoms with E-state index < -0.39 is 0 Å². The van der Waals surface area contributed by atoms with Gasteiger partial charge in [0.1, 0.15) is 5.82 Å². The second-order valence-corrected chi connectivity index (χ2v) is 5.26. The summed E-state index contributed by atoms with van der Waals surface area (Å²) in [7, 11) is 0. The summed E-state index contributed by atoms with van der Waals surface area (Å²) in [6.45, 7) is 7.84. The maximum atomic E-state index is 12.8. The highest BCUT2D eigenvalue weighted by atomic mass is 19.1. The van der Waals surface area contributed by atoms with Crippen molar-refractivity contribution in [1.82, 2.24) is 15.1 Å². The number of piperazine rings is 1. The van der Waals surface area contributed by atoms with Gasteiger partial charge in [-0.15, -0.1) is 0 Å². The molecule has 0 saturated carbocycles. The van der Waals surface area contributed by atoms with Crippen molar-refractivity contribution in [3.05, 3.63) is 35.6 Å². The molecule has 1 N–H and O–H groups in total. The number of halogens is 1. The molecule has 0 aromatic heterocycles. The molecule has 0 spiro atoms. The zero-order chi connectivity index (χ0) is 12.4. The van der Waals surface area contributed by atoms with Crippen LogP contribution in [0.5, 0.6) is 0 Å². The SMILES string of the molecule is Fc1ccc(CN2CC(N3CCNCC3)C2)cc1. The van der Waals surface area contributed by atoms with Gasteiger partial charge in [0.25, 0.3) is 0 Å². The summed E-state index contributed by atoms with van der Waals surface area (Å²) in [5.41, 5.74) is 1.20. The minimum absolute atomic E-state index is 0.152. The maximum absolute atomic E-state index is 12.8. The number of benzene rings is 1. The molecule has 1 aromatic rings. The summed E-state index contributed by atoms with van der Waals surface area (Å²) in [6.07, 6.45) is 0. The summed E-state index contributed by atoms with van der Waals surface area (Å²) in [6, 6.07) is 7.58. The van der Waals surface area contributed by atoms with Crippen molar-refractivity contribution < 1.29 is 4.39 Å². The van der Waals surface area contributed by atoms with E-state index in [1.165, 1.54) is 18.7 Å². The number of nitrogens with zero attached hydrogens (tertiary/aromatic N) is 2. The molecule has 2 saturated heterocycles. The predicted molar refractivity (Wildman–Crippen MR) is 69.9 cm³/mol. The molecule has 1 aromatic carbocycles. The van der Waals surface area contributed by atoms with E-state index in [4.69, 9.17) is 0 Å². The monoisotopic (exact) mass is 249 g/mol. The molecule has 2 heterocycles. The highest BCUT2D eigenvalue weighted by Gasteiger charge is 2.31. The Morgan fingerprint density at radius 1 is 1.11 bits per heavy atom. The Balaban J connectivity index is 1.46. The minimum atomic E-state index is -0.152. The highest BCUT2D eigenvalue weighted by Crippen LogP contribution is 2.18. The van der Waals surface area contributed by atoms with Crippen LogP contribution >= 0.6 is 0 Å². The predicted octanol–water partition coefficient (Wildman–Crippen LogP) is 0.915. The largest absolute Gasteiger partial charge is 0.314 e. The Morgan fingerprint density at radius 2 is 1.78 bits per heavy atom. The third-order valence-electron chi connectivity index (χ3n) is 3.93.